The Balaban J connectivity index is 1.45. The Labute approximate surface area is 234 Å². The number of hydrogen-bond donors (Lipinski definition) is 4. The van der Waals surface area contributed by atoms with E-state index in [0.29, 0.717) is 54.9 Å². The molecular weight excluding hydrogens is 538 g/mol. The summed E-state index contributed by atoms with van der Waals surface area (Å²) in [7, 11) is -4.13. The van der Waals surface area contributed by atoms with Gasteiger partial charge in [0.05, 0.1) is 16.7 Å². The van der Waals surface area contributed by atoms with Crippen LogP contribution in [-0.4, -0.2) is 66.6 Å². The summed E-state index contributed by atoms with van der Waals surface area (Å²) in [4.78, 5) is 23.4. The number of carbonyl (C=O) groups excluding carboxylic acids is 1. The maximum atomic E-state index is 13.9. The van der Waals surface area contributed by atoms with Crippen molar-refractivity contribution < 1.29 is 18.3 Å². The van der Waals surface area contributed by atoms with Gasteiger partial charge in [0.1, 0.15) is 16.8 Å². The molecule has 4 N–H and O–H groups in total. The molecule has 1 atom stereocenters. The van der Waals surface area contributed by atoms with Crippen LogP contribution in [0.4, 0.5) is 5.69 Å². The van der Waals surface area contributed by atoms with Crippen LogP contribution in [0.3, 0.4) is 0 Å². The van der Waals surface area contributed by atoms with E-state index in [1.54, 1.807) is 11.0 Å². The Morgan fingerprint density at radius 1 is 1.26 bits per heavy atom. The number of nitrogens with zero attached hydrogens (tertiary/aromatic N) is 2. The number of aliphatic hydroxyl groups is 1. The highest BCUT2D eigenvalue weighted by molar-refractivity contribution is 7.89. The highest BCUT2D eigenvalue weighted by Crippen LogP contribution is 2.38. The minimum absolute atomic E-state index is 0.0459. The number of H-pyrrole nitrogens is 1. The van der Waals surface area contributed by atoms with Crippen molar-refractivity contribution in [3.63, 3.8) is 0 Å². The molecular formula is C28H36ClN5O4S. The number of imidazole rings is 1. The Kier molecular flexibility index (Phi) is 7.92. The van der Waals surface area contributed by atoms with Gasteiger partial charge in [0, 0.05) is 37.7 Å². The number of halogens is 1. The van der Waals surface area contributed by atoms with Gasteiger partial charge in [-0.25, -0.2) is 13.4 Å². The van der Waals surface area contributed by atoms with Crippen LogP contribution in [0.5, 0.6) is 0 Å². The summed E-state index contributed by atoms with van der Waals surface area (Å²) in [5.41, 5.74) is 2.90. The summed E-state index contributed by atoms with van der Waals surface area (Å²) >= 11 is 6.39. The number of sulfonamides is 1. The molecule has 2 aliphatic heterocycles. The third-order valence-corrected chi connectivity index (χ3v) is 9.46. The number of aromatic amines is 1. The number of benzene rings is 2. The van der Waals surface area contributed by atoms with Gasteiger partial charge in [-0.05, 0) is 66.8 Å². The molecule has 0 spiro atoms. The Bertz CT molecular complexity index is 1430. The molecule has 39 heavy (non-hydrogen) atoms. The second-order valence-electron chi connectivity index (χ2n) is 11.5. The number of para-hydroxylation sites is 2. The molecule has 3 aromatic rings. The minimum atomic E-state index is -4.13. The molecule has 9 nitrogen and oxygen atoms in total. The SMILES string of the molecule is CC1(C)CNc2c(cc(Cl)cc2S(=O)(=O)N[C@@H](Cc2nc3ccccc3[nH]2)C(=O)N2CCC(CCO)CC2)C1. The summed E-state index contributed by atoms with van der Waals surface area (Å²) in [5.74, 6) is 0.602. The second-order valence-corrected chi connectivity index (χ2v) is 13.6. The fraction of sp³-hybridized carbons (Fsp3) is 0.500. The fourth-order valence-corrected chi connectivity index (χ4v) is 7.41. The zero-order valence-electron chi connectivity index (χ0n) is 22.3. The Morgan fingerprint density at radius 3 is 2.72 bits per heavy atom. The molecule has 2 aromatic carbocycles. The first-order valence-corrected chi connectivity index (χ1v) is 15.3. The van der Waals surface area contributed by atoms with E-state index < -0.39 is 16.1 Å². The van der Waals surface area contributed by atoms with Crippen LogP contribution >= 0.6 is 11.6 Å². The molecule has 0 bridgehead atoms. The molecule has 3 heterocycles. The van der Waals surface area contributed by atoms with Crippen molar-refractivity contribution in [3.8, 4) is 0 Å². The molecule has 0 saturated carbocycles. The molecule has 5 rings (SSSR count). The van der Waals surface area contributed by atoms with Crippen molar-refractivity contribution in [2.75, 3.05) is 31.6 Å². The molecule has 1 amide bonds. The predicted molar refractivity (Wildman–Crippen MR) is 152 cm³/mol. The van der Waals surface area contributed by atoms with E-state index in [-0.39, 0.29) is 29.2 Å². The molecule has 2 aliphatic rings. The first kappa shape index (κ1) is 27.9. The van der Waals surface area contributed by atoms with Crippen molar-refractivity contribution in [2.24, 2.45) is 11.3 Å². The largest absolute Gasteiger partial charge is 0.396 e. The molecule has 0 radical (unpaired) electrons. The van der Waals surface area contributed by atoms with Crippen LogP contribution in [0, 0.1) is 11.3 Å². The maximum absolute atomic E-state index is 13.9. The van der Waals surface area contributed by atoms with Gasteiger partial charge in [-0.3, -0.25) is 4.79 Å². The number of aromatic nitrogens is 2. The van der Waals surface area contributed by atoms with Crippen molar-refractivity contribution in [1.29, 1.82) is 0 Å². The first-order chi connectivity index (χ1) is 18.5. The Morgan fingerprint density at radius 2 is 2.00 bits per heavy atom. The standard InChI is InChI=1S/C28H36ClN5O4S/c1-28(2)16-19-13-20(29)14-24(26(19)30-17-28)39(37,38)33-23(15-25-31-21-5-3-4-6-22(21)32-25)27(36)34-10-7-18(8-11-34)9-12-35/h3-6,13-14,18,23,30,33,35H,7-12,15-17H2,1-2H3,(H,31,32)/t23-/m0/s1. The van der Waals surface area contributed by atoms with Crippen molar-refractivity contribution in [3.05, 3.63) is 52.8 Å². The topological polar surface area (TPSA) is 127 Å². The molecule has 1 saturated heterocycles. The van der Waals surface area contributed by atoms with Crippen LogP contribution < -0.4 is 10.0 Å². The lowest BCUT2D eigenvalue weighted by atomic mass is 9.82. The lowest BCUT2D eigenvalue weighted by molar-refractivity contribution is -0.134. The third kappa shape index (κ3) is 6.24. The number of amides is 1. The fourth-order valence-electron chi connectivity index (χ4n) is 5.66. The summed E-state index contributed by atoms with van der Waals surface area (Å²) in [6, 6.07) is 9.72. The van der Waals surface area contributed by atoms with E-state index in [2.05, 4.69) is 33.9 Å². The highest BCUT2D eigenvalue weighted by atomic mass is 35.5. The molecule has 0 unspecified atom stereocenters. The van der Waals surface area contributed by atoms with E-state index in [9.17, 15) is 18.3 Å². The predicted octanol–water partition coefficient (Wildman–Crippen LogP) is 3.72. The lowest BCUT2D eigenvalue weighted by Gasteiger charge is -2.35. The van der Waals surface area contributed by atoms with Crippen LogP contribution in [0.1, 0.15) is 44.5 Å². The Hall–Kier alpha value is -2.66. The minimum Gasteiger partial charge on any atom is -0.396 e. The second kappa shape index (κ2) is 11.1. The van der Waals surface area contributed by atoms with E-state index in [4.69, 9.17) is 11.6 Å². The number of aliphatic hydroxyl groups excluding tert-OH is 1. The number of carbonyl (C=O) groups is 1. The zero-order chi connectivity index (χ0) is 27.8. The molecule has 11 heteroatoms. The average molecular weight is 574 g/mol. The monoisotopic (exact) mass is 573 g/mol. The van der Waals surface area contributed by atoms with Crippen LogP contribution in [-0.2, 0) is 27.7 Å². The third-order valence-electron chi connectivity index (χ3n) is 7.75. The van der Waals surface area contributed by atoms with E-state index in [1.165, 1.54) is 6.07 Å². The quantitative estimate of drug-likeness (QED) is 0.325. The van der Waals surface area contributed by atoms with E-state index >= 15 is 0 Å². The van der Waals surface area contributed by atoms with Gasteiger partial charge in [0.25, 0.3) is 0 Å². The van der Waals surface area contributed by atoms with Crippen LogP contribution in [0.15, 0.2) is 41.3 Å². The van der Waals surface area contributed by atoms with E-state index in [1.807, 2.05) is 24.3 Å². The molecule has 1 aromatic heterocycles. The number of rotatable bonds is 8. The van der Waals surface area contributed by atoms with Gasteiger partial charge < -0.3 is 20.3 Å². The van der Waals surface area contributed by atoms with Crippen molar-refractivity contribution in [2.45, 2.75) is 56.9 Å². The number of fused-ring (bicyclic) bond motifs is 2. The number of piperidine rings is 1. The van der Waals surface area contributed by atoms with Gasteiger partial charge in [0.2, 0.25) is 15.9 Å². The smallest absolute Gasteiger partial charge is 0.243 e. The van der Waals surface area contributed by atoms with Crippen LogP contribution in [0.25, 0.3) is 11.0 Å². The first-order valence-electron chi connectivity index (χ1n) is 13.5. The van der Waals surface area contributed by atoms with Gasteiger partial charge in [-0.15, -0.1) is 0 Å². The summed E-state index contributed by atoms with van der Waals surface area (Å²) in [5, 5.41) is 12.9. The zero-order valence-corrected chi connectivity index (χ0v) is 23.9. The normalized spacial score (nSPS) is 18.5. The summed E-state index contributed by atoms with van der Waals surface area (Å²) in [6.45, 7) is 6.01. The van der Waals surface area contributed by atoms with Gasteiger partial charge >= 0.3 is 0 Å². The number of anilines is 1. The maximum Gasteiger partial charge on any atom is 0.243 e. The molecule has 1 fully saturated rings. The molecule has 0 aliphatic carbocycles. The van der Waals surface area contributed by atoms with Gasteiger partial charge in [-0.1, -0.05) is 37.6 Å². The number of likely N-dealkylation sites (tertiary alicyclic amines) is 1. The van der Waals surface area contributed by atoms with Crippen molar-refractivity contribution in [1.82, 2.24) is 19.6 Å². The molecule has 210 valence electrons. The van der Waals surface area contributed by atoms with E-state index in [0.717, 1.165) is 29.4 Å². The number of hydrogen-bond acceptors (Lipinski definition) is 6. The van der Waals surface area contributed by atoms with Gasteiger partial charge in [0.15, 0.2) is 0 Å². The number of nitrogens with one attached hydrogen (secondary N) is 3. The lowest BCUT2D eigenvalue weighted by Crippen LogP contribution is -2.52. The van der Waals surface area contributed by atoms with Crippen molar-refractivity contribution >= 4 is 44.3 Å². The summed E-state index contributed by atoms with van der Waals surface area (Å²) in [6.07, 6.45) is 3.02. The highest BCUT2D eigenvalue weighted by Gasteiger charge is 2.35. The van der Waals surface area contributed by atoms with Gasteiger partial charge in [-0.2, -0.15) is 4.72 Å². The van der Waals surface area contributed by atoms with Crippen LogP contribution in [0.2, 0.25) is 5.02 Å². The summed E-state index contributed by atoms with van der Waals surface area (Å²) < 4.78 is 30.5. The average Bonchev–Trinajstić information content (AvgIpc) is 3.29.